The minimum atomic E-state index is -0.420. The second kappa shape index (κ2) is 9.33. The molecule has 4 nitrogen and oxygen atoms in total. The Morgan fingerprint density at radius 1 is 1.17 bits per heavy atom. The molecule has 2 N–H and O–H groups in total. The molecular weight excluding hydrogens is 288 g/mol. The number of rotatable bonds is 9. The fourth-order valence-electron chi connectivity index (χ4n) is 3.25. The zero-order chi connectivity index (χ0) is 16.5. The number of carbonyl (C=O) groups is 1. The SMILES string of the molecule is COc1ccc(/N=C(/CCCCCC2CCCC2)C(N)=O)cc1. The van der Waals surface area contributed by atoms with E-state index in [4.69, 9.17) is 10.5 Å². The van der Waals surface area contributed by atoms with E-state index in [-0.39, 0.29) is 0 Å². The number of benzene rings is 1. The van der Waals surface area contributed by atoms with Crippen LogP contribution in [0.3, 0.4) is 0 Å². The Bertz CT molecular complexity index is 517. The molecule has 0 bridgehead atoms. The minimum absolute atomic E-state index is 0.420. The van der Waals surface area contributed by atoms with Gasteiger partial charge in [-0.15, -0.1) is 0 Å². The van der Waals surface area contributed by atoms with Gasteiger partial charge in [0, 0.05) is 0 Å². The average molecular weight is 316 g/mol. The molecular formula is C19H28N2O2. The Labute approximate surface area is 139 Å². The largest absolute Gasteiger partial charge is 0.497 e. The highest BCUT2D eigenvalue weighted by Gasteiger charge is 2.14. The van der Waals surface area contributed by atoms with Crippen LogP contribution in [0.2, 0.25) is 0 Å². The first kappa shape index (κ1) is 17.5. The first-order chi connectivity index (χ1) is 11.2. The quantitative estimate of drug-likeness (QED) is 0.542. The van der Waals surface area contributed by atoms with Crippen molar-refractivity contribution in [2.75, 3.05) is 7.11 Å². The summed E-state index contributed by atoms with van der Waals surface area (Å²) in [4.78, 5) is 16.0. The Morgan fingerprint density at radius 3 is 2.48 bits per heavy atom. The molecule has 4 heteroatoms. The summed E-state index contributed by atoms with van der Waals surface area (Å²) < 4.78 is 5.12. The fourth-order valence-corrected chi connectivity index (χ4v) is 3.25. The monoisotopic (exact) mass is 316 g/mol. The zero-order valence-corrected chi connectivity index (χ0v) is 14.1. The highest BCUT2D eigenvalue weighted by molar-refractivity contribution is 6.38. The van der Waals surface area contributed by atoms with Crippen LogP contribution in [0.5, 0.6) is 5.75 Å². The maximum atomic E-state index is 11.6. The molecule has 0 saturated heterocycles. The third-order valence-electron chi connectivity index (χ3n) is 4.62. The van der Waals surface area contributed by atoms with Gasteiger partial charge in [0.05, 0.1) is 12.8 Å². The van der Waals surface area contributed by atoms with Gasteiger partial charge >= 0.3 is 0 Å². The van der Waals surface area contributed by atoms with Crippen LogP contribution in [-0.2, 0) is 4.79 Å². The standard InChI is InChI=1S/C19H28N2O2/c1-23-17-13-11-16(12-14-17)21-18(19(20)22)10-4-2-3-7-15-8-5-6-9-15/h11-15H,2-10H2,1H3,(H2,20,22)/b21-18-. The van der Waals surface area contributed by atoms with Crippen molar-refractivity contribution in [3.8, 4) is 5.75 Å². The molecule has 1 aromatic carbocycles. The second-order valence-corrected chi connectivity index (χ2v) is 6.37. The molecule has 1 aliphatic carbocycles. The summed E-state index contributed by atoms with van der Waals surface area (Å²) in [7, 11) is 1.62. The van der Waals surface area contributed by atoms with E-state index in [0.717, 1.165) is 30.2 Å². The molecule has 0 spiro atoms. The number of nitrogens with two attached hydrogens (primary N) is 1. The van der Waals surface area contributed by atoms with Gasteiger partial charge in [-0.3, -0.25) is 4.79 Å². The summed E-state index contributed by atoms with van der Waals surface area (Å²) in [5, 5.41) is 0. The van der Waals surface area contributed by atoms with Gasteiger partial charge in [0.1, 0.15) is 11.5 Å². The first-order valence-electron chi connectivity index (χ1n) is 8.70. The average Bonchev–Trinajstić information content (AvgIpc) is 3.07. The van der Waals surface area contributed by atoms with Gasteiger partial charge in [-0.25, -0.2) is 4.99 Å². The molecule has 1 aliphatic rings. The van der Waals surface area contributed by atoms with E-state index in [1.54, 1.807) is 7.11 Å². The summed E-state index contributed by atoms with van der Waals surface area (Å²) in [6.45, 7) is 0. The lowest BCUT2D eigenvalue weighted by molar-refractivity contribution is -0.112. The Morgan fingerprint density at radius 2 is 1.87 bits per heavy atom. The van der Waals surface area contributed by atoms with Gasteiger partial charge in [-0.05, 0) is 43.0 Å². The van der Waals surface area contributed by atoms with Gasteiger partial charge < -0.3 is 10.5 Å². The lowest BCUT2D eigenvalue weighted by atomic mass is 9.99. The van der Waals surface area contributed by atoms with Crippen LogP contribution < -0.4 is 10.5 Å². The smallest absolute Gasteiger partial charge is 0.263 e. The highest BCUT2D eigenvalue weighted by Crippen LogP contribution is 2.29. The van der Waals surface area contributed by atoms with Crippen molar-refractivity contribution in [3.05, 3.63) is 24.3 Å². The van der Waals surface area contributed by atoms with Crippen LogP contribution in [0.1, 0.15) is 57.8 Å². The number of carbonyl (C=O) groups excluding carboxylic acids is 1. The van der Waals surface area contributed by atoms with Gasteiger partial charge in [-0.1, -0.05) is 44.9 Å². The molecule has 0 radical (unpaired) electrons. The van der Waals surface area contributed by atoms with Gasteiger partial charge in [-0.2, -0.15) is 0 Å². The lowest BCUT2D eigenvalue weighted by Crippen LogP contribution is -2.23. The summed E-state index contributed by atoms with van der Waals surface area (Å²) in [5.74, 6) is 1.30. The maximum absolute atomic E-state index is 11.6. The van der Waals surface area contributed by atoms with Crippen LogP contribution in [0.25, 0.3) is 0 Å². The molecule has 1 amide bonds. The number of amides is 1. The number of primary amides is 1. The van der Waals surface area contributed by atoms with Crippen LogP contribution in [0.4, 0.5) is 5.69 Å². The summed E-state index contributed by atoms with van der Waals surface area (Å²) in [5.41, 5.74) is 6.67. The van der Waals surface area contributed by atoms with Crippen LogP contribution in [0.15, 0.2) is 29.3 Å². The third kappa shape index (κ3) is 6.05. The van der Waals surface area contributed by atoms with Gasteiger partial charge in [0.2, 0.25) is 0 Å². The van der Waals surface area contributed by atoms with Crippen molar-refractivity contribution in [2.24, 2.45) is 16.6 Å². The Balaban J connectivity index is 1.78. The van der Waals surface area contributed by atoms with E-state index in [1.165, 1.54) is 38.5 Å². The summed E-state index contributed by atoms with van der Waals surface area (Å²) in [6, 6.07) is 7.34. The van der Waals surface area contributed by atoms with Crippen molar-refractivity contribution in [1.29, 1.82) is 0 Å². The molecule has 1 aromatic rings. The topological polar surface area (TPSA) is 64.7 Å². The van der Waals surface area contributed by atoms with E-state index in [2.05, 4.69) is 4.99 Å². The van der Waals surface area contributed by atoms with Crippen molar-refractivity contribution < 1.29 is 9.53 Å². The molecule has 0 heterocycles. The van der Waals surface area contributed by atoms with E-state index in [0.29, 0.717) is 12.1 Å². The molecule has 0 aromatic heterocycles. The molecule has 2 rings (SSSR count). The highest BCUT2D eigenvalue weighted by atomic mass is 16.5. The number of methoxy groups -OCH3 is 1. The summed E-state index contributed by atoms with van der Waals surface area (Å²) >= 11 is 0. The Hall–Kier alpha value is -1.84. The van der Waals surface area contributed by atoms with Crippen molar-refractivity contribution >= 4 is 17.3 Å². The van der Waals surface area contributed by atoms with Crippen molar-refractivity contribution in [3.63, 3.8) is 0 Å². The number of ether oxygens (including phenoxy) is 1. The molecule has 23 heavy (non-hydrogen) atoms. The molecule has 0 atom stereocenters. The predicted octanol–water partition coefficient (Wildman–Crippen LogP) is 4.39. The van der Waals surface area contributed by atoms with E-state index < -0.39 is 5.91 Å². The molecule has 1 fully saturated rings. The van der Waals surface area contributed by atoms with Crippen molar-refractivity contribution in [1.82, 2.24) is 0 Å². The number of unbranched alkanes of at least 4 members (excludes halogenated alkanes) is 2. The predicted molar refractivity (Wildman–Crippen MR) is 94.3 cm³/mol. The third-order valence-corrected chi connectivity index (χ3v) is 4.62. The normalized spacial score (nSPS) is 15.8. The second-order valence-electron chi connectivity index (χ2n) is 6.37. The summed E-state index contributed by atoms with van der Waals surface area (Å²) in [6.07, 6.45) is 11.0. The van der Waals surface area contributed by atoms with Crippen molar-refractivity contribution in [2.45, 2.75) is 57.8 Å². The molecule has 1 saturated carbocycles. The van der Waals surface area contributed by atoms with Gasteiger partial charge in [0.15, 0.2) is 0 Å². The van der Waals surface area contributed by atoms with Crippen LogP contribution in [-0.4, -0.2) is 18.7 Å². The van der Waals surface area contributed by atoms with Crippen LogP contribution >= 0.6 is 0 Å². The van der Waals surface area contributed by atoms with E-state index in [9.17, 15) is 4.79 Å². The number of nitrogens with zero attached hydrogens (tertiary/aromatic N) is 1. The van der Waals surface area contributed by atoms with Crippen LogP contribution in [0, 0.1) is 5.92 Å². The van der Waals surface area contributed by atoms with Gasteiger partial charge in [0.25, 0.3) is 5.91 Å². The fraction of sp³-hybridized carbons (Fsp3) is 0.579. The molecule has 126 valence electrons. The molecule has 0 unspecified atom stereocenters. The number of hydrogen-bond acceptors (Lipinski definition) is 3. The first-order valence-corrected chi connectivity index (χ1v) is 8.70. The van der Waals surface area contributed by atoms with E-state index >= 15 is 0 Å². The maximum Gasteiger partial charge on any atom is 0.263 e. The lowest BCUT2D eigenvalue weighted by Gasteiger charge is -2.08. The zero-order valence-electron chi connectivity index (χ0n) is 14.1. The molecule has 0 aliphatic heterocycles. The number of aliphatic imine (C=N–C) groups is 1. The number of hydrogen-bond donors (Lipinski definition) is 1. The van der Waals surface area contributed by atoms with E-state index in [1.807, 2.05) is 24.3 Å². The minimum Gasteiger partial charge on any atom is -0.497 e. The Kier molecular flexibility index (Phi) is 7.11.